The molecular weight excluding hydrogens is 404 g/mol. The molecule has 172 valence electrons. The maximum atomic E-state index is 12.8. The zero-order valence-electron chi connectivity index (χ0n) is 19.3. The SMILES string of the molecule is Cc1ccccc1C(=O)NC(CC(C)C)C(=O)NCCN1CCN(c2ncccn2)CC1. The van der Waals surface area contributed by atoms with Gasteiger partial charge < -0.3 is 15.5 Å². The van der Waals surface area contributed by atoms with Gasteiger partial charge in [-0.25, -0.2) is 9.97 Å². The van der Waals surface area contributed by atoms with Gasteiger partial charge in [-0.1, -0.05) is 32.0 Å². The molecule has 0 aliphatic carbocycles. The van der Waals surface area contributed by atoms with E-state index in [4.69, 9.17) is 0 Å². The molecule has 1 aliphatic rings. The summed E-state index contributed by atoms with van der Waals surface area (Å²) in [4.78, 5) is 38.7. The molecule has 0 spiro atoms. The molecule has 32 heavy (non-hydrogen) atoms. The van der Waals surface area contributed by atoms with Gasteiger partial charge in [0.1, 0.15) is 6.04 Å². The van der Waals surface area contributed by atoms with Gasteiger partial charge >= 0.3 is 0 Å². The first-order valence-electron chi connectivity index (χ1n) is 11.3. The van der Waals surface area contributed by atoms with Crippen molar-refractivity contribution in [2.24, 2.45) is 5.92 Å². The molecular formula is C24H34N6O2. The number of carbonyl (C=O) groups excluding carboxylic acids is 2. The maximum absolute atomic E-state index is 12.8. The van der Waals surface area contributed by atoms with Gasteiger partial charge in [-0.05, 0) is 37.0 Å². The zero-order chi connectivity index (χ0) is 22.9. The molecule has 0 radical (unpaired) electrons. The Labute approximate surface area is 190 Å². The number of aromatic nitrogens is 2. The van der Waals surface area contributed by atoms with Crippen LogP contribution >= 0.6 is 0 Å². The number of carbonyl (C=O) groups is 2. The lowest BCUT2D eigenvalue weighted by atomic mass is 10.0. The fraction of sp³-hybridized carbons (Fsp3) is 0.500. The van der Waals surface area contributed by atoms with Crippen molar-refractivity contribution >= 4 is 17.8 Å². The Morgan fingerprint density at radius 1 is 1.03 bits per heavy atom. The summed E-state index contributed by atoms with van der Waals surface area (Å²) in [6.07, 6.45) is 4.12. The lowest BCUT2D eigenvalue weighted by Gasteiger charge is -2.34. The van der Waals surface area contributed by atoms with Crippen LogP contribution in [0.2, 0.25) is 0 Å². The first kappa shape index (κ1) is 23.7. The summed E-state index contributed by atoms with van der Waals surface area (Å²) >= 11 is 0. The number of piperazine rings is 1. The topological polar surface area (TPSA) is 90.5 Å². The highest BCUT2D eigenvalue weighted by Crippen LogP contribution is 2.11. The van der Waals surface area contributed by atoms with E-state index in [-0.39, 0.29) is 17.7 Å². The van der Waals surface area contributed by atoms with E-state index < -0.39 is 6.04 Å². The fourth-order valence-electron chi connectivity index (χ4n) is 3.85. The summed E-state index contributed by atoms with van der Waals surface area (Å²) in [5.41, 5.74) is 1.50. The van der Waals surface area contributed by atoms with Crippen molar-refractivity contribution in [3.8, 4) is 0 Å². The molecule has 1 fully saturated rings. The molecule has 2 aromatic rings. The minimum Gasteiger partial charge on any atom is -0.353 e. The van der Waals surface area contributed by atoms with Crippen LogP contribution in [0.5, 0.6) is 0 Å². The molecule has 2 amide bonds. The van der Waals surface area contributed by atoms with E-state index >= 15 is 0 Å². The molecule has 0 bridgehead atoms. The van der Waals surface area contributed by atoms with Crippen LogP contribution in [0.15, 0.2) is 42.7 Å². The predicted octanol–water partition coefficient (Wildman–Crippen LogP) is 1.87. The zero-order valence-corrected chi connectivity index (χ0v) is 19.3. The van der Waals surface area contributed by atoms with E-state index in [1.807, 2.05) is 31.2 Å². The Morgan fingerprint density at radius 3 is 2.38 bits per heavy atom. The van der Waals surface area contributed by atoms with Gasteiger partial charge in [-0.3, -0.25) is 14.5 Å². The maximum Gasteiger partial charge on any atom is 0.252 e. The van der Waals surface area contributed by atoms with Crippen molar-refractivity contribution in [3.63, 3.8) is 0 Å². The first-order valence-corrected chi connectivity index (χ1v) is 11.3. The van der Waals surface area contributed by atoms with E-state index in [1.54, 1.807) is 18.5 Å². The minimum atomic E-state index is -0.547. The summed E-state index contributed by atoms with van der Waals surface area (Å²) < 4.78 is 0. The number of benzene rings is 1. The van der Waals surface area contributed by atoms with Crippen molar-refractivity contribution in [2.45, 2.75) is 33.2 Å². The number of aryl methyl sites for hydroxylation is 1. The van der Waals surface area contributed by atoms with Crippen molar-refractivity contribution < 1.29 is 9.59 Å². The van der Waals surface area contributed by atoms with Crippen molar-refractivity contribution in [1.29, 1.82) is 0 Å². The Kier molecular flexibility index (Phi) is 8.56. The predicted molar refractivity (Wildman–Crippen MR) is 126 cm³/mol. The second-order valence-electron chi connectivity index (χ2n) is 8.64. The molecule has 1 aliphatic heterocycles. The fourth-order valence-corrected chi connectivity index (χ4v) is 3.85. The van der Waals surface area contributed by atoms with Crippen LogP contribution in [0.4, 0.5) is 5.95 Å². The molecule has 1 aromatic carbocycles. The Morgan fingerprint density at radius 2 is 1.72 bits per heavy atom. The van der Waals surface area contributed by atoms with E-state index in [0.29, 0.717) is 18.5 Å². The van der Waals surface area contributed by atoms with Crippen molar-refractivity contribution in [3.05, 3.63) is 53.9 Å². The van der Waals surface area contributed by atoms with E-state index in [2.05, 4.69) is 44.2 Å². The van der Waals surface area contributed by atoms with Gasteiger partial charge in [-0.15, -0.1) is 0 Å². The summed E-state index contributed by atoms with van der Waals surface area (Å²) in [7, 11) is 0. The molecule has 1 atom stereocenters. The van der Waals surface area contributed by atoms with Crippen LogP contribution in [0.25, 0.3) is 0 Å². The minimum absolute atomic E-state index is 0.128. The van der Waals surface area contributed by atoms with Crippen LogP contribution in [-0.4, -0.2) is 72.0 Å². The van der Waals surface area contributed by atoms with Crippen LogP contribution in [0, 0.1) is 12.8 Å². The van der Waals surface area contributed by atoms with Crippen LogP contribution in [0.3, 0.4) is 0 Å². The van der Waals surface area contributed by atoms with Gasteiger partial charge in [0.2, 0.25) is 11.9 Å². The van der Waals surface area contributed by atoms with E-state index in [9.17, 15) is 9.59 Å². The highest BCUT2D eigenvalue weighted by molar-refractivity contribution is 5.98. The summed E-state index contributed by atoms with van der Waals surface area (Å²) in [6.45, 7) is 10.8. The smallest absolute Gasteiger partial charge is 0.252 e. The lowest BCUT2D eigenvalue weighted by molar-refractivity contribution is -0.123. The van der Waals surface area contributed by atoms with Crippen LogP contribution < -0.4 is 15.5 Å². The van der Waals surface area contributed by atoms with Gasteiger partial charge in [0.15, 0.2) is 0 Å². The number of nitrogens with one attached hydrogen (secondary N) is 2. The molecule has 1 aromatic heterocycles. The Balaban J connectivity index is 1.46. The average Bonchev–Trinajstić information content (AvgIpc) is 2.79. The Bertz CT molecular complexity index is 881. The molecule has 2 N–H and O–H groups in total. The van der Waals surface area contributed by atoms with Gasteiger partial charge in [0.25, 0.3) is 5.91 Å². The van der Waals surface area contributed by atoms with Gasteiger partial charge in [0.05, 0.1) is 0 Å². The van der Waals surface area contributed by atoms with Crippen LogP contribution in [0.1, 0.15) is 36.2 Å². The number of anilines is 1. The molecule has 3 rings (SSSR count). The summed E-state index contributed by atoms with van der Waals surface area (Å²) in [6, 6.07) is 8.69. The van der Waals surface area contributed by atoms with Gasteiger partial charge in [-0.2, -0.15) is 0 Å². The molecule has 0 saturated carbocycles. The monoisotopic (exact) mass is 438 g/mol. The number of amides is 2. The third kappa shape index (κ3) is 6.75. The molecule has 8 heteroatoms. The van der Waals surface area contributed by atoms with Crippen molar-refractivity contribution in [1.82, 2.24) is 25.5 Å². The average molecular weight is 439 g/mol. The standard InChI is InChI=1S/C24H34N6O2/c1-18(2)17-21(28-22(31)20-8-5-4-7-19(20)3)23(32)25-11-12-29-13-15-30(16-14-29)24-26-9-6-10-27-24/h4-10,18,21H,11-17H2,1-3H3,(H,25,32)(H,28,31). The molecule has 1 saturated heterocycles. The number of hydrogen-bond donors (Lipinski definition) is 2. The van der Waals surface area contributed by atoms with E-state index in [0.717, 1.165) is 44.2 Å². The number of hydrogen-bond acceptors (Lipinski definition) is 6. The highest BCUT2D eigenvalue weighted by Gasteiger charge is 2.24. The summed E-state index contributed by atoms with van der Waals surface area (Å²) in [5, 5.41) is 5.95. The third-order valence-electron chi connectivity index (χ3n) is 5.65. The third-order valence-corrected chi connectivity index (χ3v) is 5.65. The normalized spacial score (nSPS) is 15.4. The van der Waals surface area contributed by atoms with Gasteiger partial charge in [0, 0.05) is 57.2 Å². The second-order valence-corrected chi connectivity index (χ2v) is 8.64. The molecule has 8 nitrogen and oxygen atoms in total. The molecule has 2 heterocycles. The van der Waals surface area contributed by atoms with Crippen molar-refractivity contribution in [2.75, 3.05) is 44.2 Å². The quantitative estimate of drug-likeness (QED) is 0.621. The first-order chi connectivity index (χ1) is 15.4. The molecule has 1 unspecified atom stereocenters. The second kappa shape index (κ2) is 11.6. The van der Waals surface area contributed by atoms with E-state index in [1.165, 1.54) is 0 Å². The van der Waals surface area contributed by atoms with Crippen LogP contribution in [-0.2, 0) is 4.79 Å². The largest absolute Gasteiger partial charge is 0.353 e. The lowest BCUT2D eigenvalue weighted by Crippen LogP contribution is -2.51. The highest BCUT2D eigenvalue weighted by atomic mass is 16.2. The summed E-state index contributed by atoms with van der Waals surface area (Å²) in [5.74, 6) is 0.720. The number of nitrogens with zero attached hydrogens (tertiary/aromatic N) is 4. The number of rotatable bonds is 9. The Hall–Kier alpha value is -3.00.